The van der Waals surface area contributed by atoms with Gasteiger partial charge < -0.3 is 25.3 Å². The smallest absolute Gasteiger partial charge is 0.315 e. The maximum Gasteiger partial charge on any atom is 0.315 e. The van der Waals surface area contributed by atoms with E-state index >= 15 is 0 Å². The monoisotopic (exact) mass is 345 g/mol. The van der Waals surface area contributed by atoms with Gasteiger partial charge in [-0.25, -0.2) is 9.78 Å². The van der Waals surface area contributed by atoms with Crippen LogP contribution < -0.4 is 16.0 Å². The number of anilines is 1. The van der Waals surface area contributed by atoms with E-state index in [2.05, 4.69) is 25.5 Å². The zero-order chi connectivity index (χ0) is 18.0. The summed E-state index contributed by atoms with van der Waals surface area (Å²) in [7, 11) is 0. The van der Waals surface area contributed by atoms with E-state index in [1.54, 1.807) is 0 Å². The summed E-state index contributed by atoms with van der Waals surface area (Å²) < 4.78 is 7.72. The van der Waals surface area contributed by atoms with E-state index in [1.807, 2.05) is 32.0 Å². The number of nitrogens with zero attached hydrogens (tertiary/aromatic N) is 2. The van der Waals surface area contributed by atoms with Gasteiger partial charge in [-0.05, 0) is 32.0 Å². The lowest BCUT2D eigenvalue weighted by atomic mass is 10.2. The molecule has 0 fully saturated rings. The summed E-state index contributed by atoms with van der Waals surface area (Å²) in [6, 6.07) is 5.49. The lowest BCUT2D eigenvalue weighted by Crippen LogP contribution is -2.43. The Morgan fingerprint density at radius 2 is 2.20 bits per heavy atom. The molecular formula is C17H23N5O3. The highest BCUT2D eigenvalue weighted by molar-refractivity contribution is 5.91. The number of fused-ring (bicyclic) bond motifs is 3. The first-order valence-corrected chi connectivity index (χ1v) is 8.34. The Morgan fingerprint density at radius 1 is 1.40 bits per heavy atom. The van der Waals surface area contributed by atoms with Crippen molar-refractivity contribution in [2.75, 3.05) is 18.5 Å². The average molecular weight is 345 g/mol. The molecule has 8 heteroatoms. The van der Waals surface area contributed by atoms with Gasteiger partial charge in [0.05, 0.1) is 23.7 Å². The second-order valence-electron chi connectivity index (χ2n) is 6.46. The molecule has 0 aliphatic carbocycles. The number of aromatic nitrogens is 2. The van der Waals surface area contributed by atoms with Crippen molar-refractivity contribution in [2.24, 2.45) is 0 Å². The van der Waals surface area contributed by atoms with Gasteiger partial charge in [0.25, 0.3) is 0 Å². The highest BCUT2D eigenvalue weighted by Crippen LogP contribution is 2.27. The van der Waals surface area contributed by atoms with E-state index in [9.17, 15) is 9.59 Å². The van der Waals surface area contributed by atoms with Crippen LogP contribution in [0, 0.1) is 0 Å². The molecule has 2 aromatic rings. The fourth-order valence-corrected chi connectivity index (χ4v) is 2.97. The average Bonchev–Trinajstić information content (AvgIpc) is 2.89. The summed E-state index contributed by atoms with van der Waals surface area (Å²) in [5, 5.41) is 8.45. The third-order valence-electron chi connectivity index (χ3n) is 3.91. The number of rotatable bonds is 4. The van der Waals surface area contributed by atoms with Gasteiger partial charge >= 0.3 is 6.03 Å². The fraction of sp³-hybridized carbons (Fsp3) is 0.471. The van der Waals surface area contributed by atoms with Crippen LogP contribution in [0.4, 0.5) is 10.5 Å². The van der Waals surface area contributed by atoms with E-state index in [-0.39, 0.29) is 24.0 Å². The number of benzene rings is 1. The number of imidazole rings is 1. The molecule has 8 nitrogen and oxygen atoms in total. The van der Waals surface area contributed by atoms with Crippen molar-refractivity contribution in [3.8, 4) is 0 Å². The Bertz CT molecular complexity index is 799. The van der Waals surface area contributed by atoms with Crippen LogP contribution in [0.25, 0.3) is 11.0 Å². The van der Waals surface area contributed by atoms with E-state index in [0.29, 0.717) is 25.4 Å². The molecular weight excluding hydrogens is 322 g/mol. The molecule has 1 aliphatic rings. The van der Waals surface area contributed by atoms with E-state index in [0.717, 1.165) is 16.9 Å². The maximum absolute atomic E-state index is 11.8. The lowest BCUT2D eigenvalue weighted by molar-refractivity contribution is -0.114. The van der Waals surface area contributed by atoms with Gasteiger partial charge in [0, 0.05) is 25.2 Å². The van der Waals surface area contributed by atoms with Gasteiger partial charge in [-0.3, -0.25) is 4.79 Å². The molecule has 3 amide bonds. The van der Waals surface area contributed by atoms with Crippen LogP contribution in [0.3, 0.4) is 0 Å². The molecule has 1 unspecified atom stereocenters. The molecule has 0 saturated carbocycles. The number of urea groups is 1. The number of carbonyl (C=O) groups is 2. The molecule has 1 aromatic carbocycles. The third kappa shape index (κ3) is 3.90. The van der Waals surface area contributed by atoms with Crippen LogP contribution in [-0.4, -0.2) is 40.7 Å². The molecule has 25 heavy (non-hydrogen) atoms. The molecule has 3 rings (SSSR count). The Kier molecular flexibility index (Phi) is 4.89. The molecule has 0 bridgehead atoms. The van der Waals surface area contributed by atoms with Crippen molar-refractivity contribution in [3.05, 3.63) is 24.0 Å². The molecule has 0 spiro atoms. The zero-order valence-corrected chi connectivity index (χ0v) is 14.6. The van der Waals surface area contributed by atoms with E-state index in [1.165, 1.54) is 6.92 Å². The predicted molar refractivity (Wildman–Crippen MR) is 94.4 cm³/mol. The lowest BCUT2D eigenvalue weighted by Gasteiger charge is -2.26. The Labute approximate surface area is 145 Å². The fourth-order valence-electron chi connectivity index (χ4n) is 2.97. The summed E-state index contributed by atoms with van der Waals surface area (Å²) in [5.41, 5.74) is 2.47. The van der Waals surface area contributed by atoms with Crippen LogP contribution in [0.2, 0.25) is 0 Å². The normalized spacial score (nSPS) is 16.6. The second-order valence-corrected chi connectivity index (χ2v) is 6.46. The zero-order valence-electron chi connectivity index (χ0n) is 14.6. The van der Waals surface area contributed by atoms with Gasteiger partial charge in [0.2, 0.25) is 5.91 Å². The van der Waals surface area contributed by atoms with Crippen LogP contribution in [0.1, 0.15) is 32.6 Å². The minimum atomic E-state index is -0.195. The SMILES string of the molecule is CC(=O)Nc1ccc2c(c1)nc1n2C(CNC(=O)NC(C)C)COC1. The Hall–Kier alpha value is -2.61. The molecule has 134 valence electrons. The quantitative estimate of drug-likeness (QED) is 0.787. The molecule has 1 atom stereocenters. The number of ether oxygens (including phenoxy) is 1. The standard InChI is InChI=1S/C17H23N5O3/c1-10(2)19-17(24)18-7-13-8-25-9-16-21-14-6-12(20-11(3)23)4-5-15(14)22(13)16/h4-6,10,13H,7-9H2,1-3H3,(H,20,23)(H2,18,19,24). The molecule has 0 saturated heterocycles. The molecule has 3 N–H and O–H groups in total. The van der Waals surface area contributed by atoms with Crippen LogP contribution in [0.5, 0.6) is 0 Å². The minimum absolute atomic E-state index is 0.0294. The van der Waals surface area contributed by atoms with Gasteiger partial charge in [0.15, 0.2) is 0 Å². The third-order valence-corrected chi connectivity index (χ3v) is 3.91. The van der Waals surface area contributed by atoms with E-state index in [4.69, 9.17) is 4.74 Å². The van der Waals surface area contributed by atoms with Crippen LogP contribution in [-0.2, 0) is 16.1 Å². The van der Waals surface area contributed by atoms with Gasteiger partial charge in [-0.15, -0.1) is 0 Å². The largest absolute Gasteiger partial charge is 0.371 e. The molecule has 2 heterocycles. The van der Waals surface area contributed by atoms with Gasteiger partial charge in [-0.1, -0.05) is 0 Å². The summed E-state index contributed by atoms with van der Waals surface area (Å²) in [4.78, 5) is 27.7. The topological polar surface area (TPSA) is 97.3 Å². The highest BCUT2D eigenvalue weighted by Gasteiger charge is 2.24. The summed E-state index contributed by atoms with van der Waals surface area (Å²) in [5.74, 6) is 0.696. The minimum Gasteiger partial charge on any atom is -0.371 e. The summed E-state index contributed by atoms with van der Waals surface area (Å²) in [6.45, 7) is 6.69. The van der Waals surface area contributed by atoms with E-state index < -0.39 is 0 Å². The molecule has 1 aromatic heterocycles. The van der Waals surface area contributed by atoms with Crippen molar-refractivity contribution in [1.82, 2.24) is 20.2 Å². The number of amides is 3. The van der Waals surface area contributed by atoms with Crippen molar-refractivity contribution in [2.45, 2.75) is 39.5 Å². The van der Waals surface area contributed by atoms with Crippen LogP contribution >= 0.6 is 0 Å². The maximum atomic E-state index is 11.8. The van der Waals surface area contributed by atoms with Crippen molar-refractivity contribution >= 4 is 28.7 Å². The Balaban J connectivity index is 1.82. The Morgan fingerprint density at radius 3 is 2.92 bits per heavy atom. The number of hydrogen-bond donors (Lipinski definition) is 3. The van der Waals surface area contributed by atoms with Crippen molar-refractivity contribution in [1.29, 1.82) is 0 Å². The number of carbonyl (C=O) groups excluding carboxylic acids is 2. The summed E-state index contributed by atoms with van der Waals surface area (Å²) in [6.07, 6.45) is 0. The molecule has 1 aliphatic heterocycles. The first kappa shape index (κ1) is 17.2. The van der Waals surface area contributed by atoms with Crippen LogP contribution in [0.15, 0.2) is 18.2 Å². The first-order chi connectivity index (χ1) is 11.9. The first-order valence-electron chi connectivity index (χ1n) is 8.34. The summed E-state index contributed by atoms with van der Waals surface area (Å²) >= 11 is 0. The predicted octanol–water partition coefficient (Wildman–Crippen LogP) is 1.77. The second kappa shape index (κ2) is 7.10. The highest BCUT2D eigenvalue weighted by atomic mass is 16.5. The van der Waals surface area contributed by atoms with Gasteiger partial charge in [0.1, 0.15) is 12.4 Å². The van der Waals surface area contributed by atoms with Gasteiger partial charge in [-0.2, -0.15) is 0 Å². The number of hydrogen-bond acceptors (Lipinski definition) is 4. The molecule has 0 radical (unpaired) electrons. The van der Waals surface area contributed by atoms with Crippen molar-refractivity contribution < 1.29 is 14.3 Å². The van der Waals surface area contributed by atoms with Crippen molar-refractivity contribution in [3.63, 3.8) is 0 Å². The number of nitrogens with one attached hydrogen (secondary N) is 3.